The number of hydrogen-bond acceptors (Lipinski definition) is 2. The van der Waals surface area contributed by atoms with Gasteiger partial charge in [-0.3, -0.25) is 0 Å². The molecule has 0 atom stereocenters. The van der Waals surface area contributed by atoms with Gasteiger partial charge >= 0.3 is 0 Å². The van der Waals surface area contributed by atoms with E-state index in [4.69, 9.17) is 0 Å². The Bertz CT molecular complexity index is 3240. The third kappa shape index (κ3) is 4.98. The van der Waals surface area contributed by atoms with Crippen LogP contribution in [0.25, 0.3) is 53.6 Å². The second-order valence-electron chi connectivity index (χ2n) is 16.8. The first-order chi connectivity index (χ1) is 29.5. The van der Waals surface area contributed by atoms with E-state index in [1.165, 1.54) is 86.9 Å². The minimum absolute atomic E-state index is 0.0694. The van der Waals surface area contributed by atoms with Crippen LogP contribution in [0.2, 0.25) is 0 Å². The van der Waals surface area contributed by atoms with Crippen molar-refractivity contribution in [2.24, 2.45) is 0 Å². The summed E-state index contributed by atoms with van der Waals surface area (Å²) in [5.74, 6) is 0. The van der Waals surface area contributed by atoms with Crippen LogP contribution in [-0.2, 0) is 10.8 Å². The van der Waals surface area contributed by atoms with Crippen LogP contribution >= 0.6 is 11.3 Å². The van der Waals surface area contributed by atoms with Gasteiger partial charge in [-0.1, -0.05) is 184 Å². The van der Waals surface area contributed by atoms with Gasteiger partial charge in [0.2, 0.25) is 0 Å². The Kier molecular flexibility index (Phi) is 7.73. The van der Waals surface area contributed by atoms with Crippen molar-refractivity contribution >= 4 is 48.6 Å². The Morgan fingerprint density at radius 1 is 0.367 bits per heavy atom. The van der Waals surface area contributed by atoms with E-state index in [1.807, 2.05) is 11.3 Å². The van der Waals surface area contributed by atoms with Crippen LogP contribution in [0.3, 0.4) is 0 Å². The van der Waals surface area contributed by atoms with Gasteiger partial charge < -0.3 is 4.90 Å². The van der Waals surface area contributed by atoms with Crippen LogP contribution in [0.1, 0.15) is 47.2 Å². The Morgan fingerprint density at radius 2 is 0.850 bits per heavy atom. The molecule has 10 aromatic rings. The zero-order chi connectivity index (χ0) is 40.0. The topological polar surface area (TPSA) is 3.24 Å². The quantitative estimate of drug-likeness (QED) is 0.162. The predicted octanol–water partition coefficient (Wildman–Crippen LogP) is 15.9. The molecule has 0 spiro atoms. The number of anilines is 3. The molecular formula is C58H41NS. The van der Waals surface area contributed by atoms with E-state index in [2.05, 4.69) is 231 Å². The van der Waals surface area contributed by atoms with E-state index in [-0.39, 0.29) is 5.41 Å². The fourth-order valence-electron chi connectivity index (χ4n) is 10.6. The zero-order valence-corrected chi connectivity index (χ0v) is 34.4. The summed E-state index contributed by atoms with van der Waals surface area (Å²) in [6, 6.07) is 79.2. The average Bonchev–Trinajstić information content (AvgIpc) is 3.91. The number of rotatable bonds is 6. The summed E-state index contributed by atoms with van der Waals surface area (Å²) < 4.78 is 2.66. The fourth-order valence-corrected chi connectivity index (χ4v) is 11.9. The summed E-state index contributed by atoms with van der Waals surface area (Å²) in [5, 5.41) is 2.64. The Balaban J connectivity index is 1.06. The molecule has 0 N–H and O–H groups in total. The lowest BCUT2D eigenvalue weighted by molar-refractivity contribution is 0.660. The van der Waals surface area contributed by atoms with Gasteiger partial charge in [-0.2, -0.15) is 0 Å². The van der Waals surface area contributed by atoms with Crippen molar-refractivity contribution in [3.8, 4) is 33.4 Å². The zero-order valence-electron chi connectivity index (χ0n) is 33.6. The lowest BCUT2D eigenvalue weighted by Crippen LogP contribution is -2.28. The summed E-state index contributed by atoms with van der Waals surface area (Å²) >= 11 is 1.88. The van der Waals surface area contributed by atoms with E-state index >= 15 is 0 Å². The van der Waals surface area contributed by atoms with Crippen LogP contribution in [-0.4, -0.2) is 0 Å². The maximum absolute atomic E-state index is 2.46. The van der Waals surface area contributed by atoms with E-state index in [0.29, 0.717) is 0 Å². The van der Waals surface area contributed by atoms with Crippen molar-refractivity contribution in [3.05, 3.63) is 246 Å². The van der Waals surface area contributed by atoms with Gasteiger partial charge in [0.25, 0.3) is 0 Å². The van der Waals surface area contributed by atoms with Gasteiger partial charge in [0, 0.05) is 42.6 Å². The number of hydrogen-bond donors (Lipinski definition) is 0. The van der Waals surface area contributed by atoms with Crippen molar-refractivity contribution in [3.63, 3.8) is 0 Å². The first-order valence-corrected chi connectivity index (χ1v) is 21.7. The normalized spacial score (nSPS) is 14.1. The summed E-state index contributed by atoms with van der Waals surface area (Å²) in [6.07, 6.45) is 0. The molecule has 2 aliphatic carbocycles. The van der Waals surface area contributed by atoms with Gasteiger partial charge in [-0.25, -0.2) is 0 Å². The second kappa shape index (κ2) is 13.3. The molecule has 0 fully saturated rings. The minimum atomic E-state index is -0.448. The lowest BCUT2D eigenvalue weighted by atomic mass is 9.68. The third-order valence-corrected chi connectivity index (χ3v) is 14.6. The monoisotopic (exact) mass is 783 g/mol. The van der Waals surface area contributed by atoms with E-state index in [0.717, 1.165) is 17.1 Å². The van der Waals surface area contributed by atoms with Crippen LogP contribution < -0.4 is 4.90 Å². The standard InChI is InChI=1S/C58H41NS/c1-57(2)51-25-12-9-20-45(51)49-36-42(32-34-52(49)57)59(41-30-28-38(29-31-41)44-23-15-24-48-47-22-11-14-27-55(47)60-56(44)48)43-33-35-54-50(37-43)46-21-10-13-26-53(46)58(54,39-16-5-3-6-17-39)40-18-7-4-8-19-40/h3-37H,1-2H3. The number of thiophene rings is 1. The molecule has 0 amide bonds. The molecule has 0 radical (unpaired) electrons. The molecule has 60 heavy (non-hydrogen) atoms. The molecule has 2 aliphatic rings. The summed E-state index contributed by atoms with van der Waals surface area (Å²) in [6.45, 7) is 4.71. The molecule has 284 valence electrons. The van der Waals surface area contributed by atoms with Gasteiger partial charge in [-0.15, -0.1) is 11.3 Å². The minimum Gasteiger partial charge on any atom is -0.310 e. The molecule has 0 unspecified atom stereocenters. The van der Waals surface area contributed by atoms with Crippen molar-refractivity contribution in [1.82, 2.24) is 0 Å². The maximum atomic E-state index is 2.46. The molecule has 1 nitrogen and oxygen atoms in total. The highest BCUT2D eigenvalue weighted by Crippen LogP contribution is 2.58. The van der Waals surface area contributed by atoms with E-state index in [9.17, 15) is 0 Å². The number of nitrogens with zero attached hydrogens (tertiary/aromatic N) is 1. The second-order valence-corrected chi connectivity index (χ2v) is 17.9. The number of fused-ring (bicyclic) bond motifs is 9. The SMILES string of the molecule is CC1(C)c2ccccc2-c2cc(N(c3ccc(-c4cccc5c4sc4ccccc45)cc3)c3ccc4c(c3)-c3ccccc3C4(c3ccccc3)c3ccccc3)ccc21. The van der Waals surface area contributed by atoms with Gasteiger partial charge in [0.1, 0.15) is 0 Å². The highest BCUT2D eigenvalue weighted by atomic mass is 32.1. The van der Waals surface area contributed by atoms with Crippen molar-refractivity contribution in [1.29, 1.82) is 0 Å². The molecule has 1 aromatic heterocycles. The molecule has 0 saturated heterocycles. The summed E-state index contributed by atoms with van der Waals surface area (Å²) in [4.78, 5) is 2.46. The van der Waals surface area contributed by atoms with Crippen molar-refractivity contribution in [2.45, 2.75) is 24.7 Å². The van der Waals surface area contributed by atoms with Crippen LogP contribution in [0.15, 0.2) is 212 Å². The third-order valence-electron chi connectivity index (χ3n) is 13.4. The van der Waals surface area contributed by atoms with E-state index in [1.54, 1.807) is 0 Å². The molecule has 12 rings (SSSR count). The van der Waals surface area contributed by atoms with Crippen molar-refractivity contribution < 1.29 is 0 Å². The van der Waals surface area contributed by atoms with Crippen LogP contribution in [0.5, 0.6) is 0 Å². The lowest BCUT2D eigenvalue weighted by Gasteiger charge is -2.34. The smallest absolute Gasteiger partial charge is 0.0713 e. The predicted molar refractivity (Wildman–Crippen MR) is 254 cm³/mol. The molecular weight excluding hydrogens is 743 g/mol. The maximum Gasteiger partial charge on any atom is 0.0713 e. The first kappa shape index (κ1) is 35.0. The molecule has 0 aliphatic heterocycles. The van der Waals surface area contributed by atoms with Gasteiger partial charge in [-0.05, 0) is 109 Å². The Hall–Kier alpha value is -7.00. The fraction of sp³-hybridized carbons (Fsp3) is 0.0690. The van der Waals surface area contributed by atoms with Gasteiger partial charge in [0.05, 0.1) is 5.41 Å². The molecule has 1 heterocycles. The van der Waals surface area contributed by atoms with Crippen LogP contribution in [0.4, 0.5) is 17.1 Å². The average molecular weight is 784 g/mol. The summed E-state index contributed by atoms with van der Waals surface area (Å²) in [5.41, 5.74) is 18.5. The van der Waals surface area contributed by atoms with Crippen LogP contribution in [0, 0.1) is 0 Å². The van der Waals surface area contributed by atoms with E-state index < -0.39 is 5.41 Å². The Morgan fingerprint density at radius 3 is 1.55 bits per heavy atom. The highest BCUT2D eigenvalue weighted by molar-refractivity contribution is 7.26. The highest BCUT2D eigenvalue weighted by Gasteiger charge is 2.46. The molecule has 9 aromatic carbocycles. The largest absolute Gasteiger partial charge is 0.310 e. The molecule has 2 heteroatoms. The van der Waals surface area contributed by atoms with Crippen molar-refractivity contribution in [2.75, 3.05) is 4.90 Å². The van der Waals surface area contributed by atoms with Gasteiger partial charge in [0.15, 0.2) is 0 Å². The number of benzene rings is 9. The Labute approximate surface area is 355 Å². The summed E-state index contributed by atoms with van der Waals surface area (Å²) in [7, 11) is 0. The first-order valence-electron chi connectivity index (χ1n) is 20.9. The molecule has 0 saturated carbocycles. The molecule has 0 bridgehead atoms.